The first-order valence-corrected chi connectivity index (χ1v) is 10.3. The summed E-state index contributed by atoms with van der Waals surface area (Å²) in [6.07, 6.45) is -1.97. The van der Waals surface area contributed by atoms with Crippen LogP contribution < -0.4 is 9.64 Å². The molecule has 3 heterocycles. The fourth-order valence-corrected chi connectivity index (χ4v) is 3.89. The van der Waals surface area contributed by atoms with Crippen LogP contribution >= 0.6 is 0 Å². The molecule has 2 saturated heterocycles. The number of nitrogens with zero attached hydrogens (tertiary/aromatic N) is 2. The average molecular weight is 452 g/mol. The van der Waals surface area contributed by atoms with E-state index < -0.39 is 17.7 Å². The second-order valence-corrected chi connectivity index (χ2v) is 7.83. The lowest BCUT2D eigenvalue weighted by atomic mass is 10.2. The molecule has 1 N–H and O–H groups in total. The highest BCUT2D eigenvalue weighted by molar-refractivity contribution is 5.87. The first kappa shape index (κ1) is 22.3. The molecule has 2 aliphatic heterocycles. The Hall–Kier alpha value is -2.85. The summed E-state index contributed by atoms with van der Waals surface area (Å²) in [5.41, 5.74) is -0.646. The summed E-state index contributed by atoms with van der Waals surface area (Å²) in [5, 5.41) is 9.10. The lowest BCUT2D eigenvalue weighted by molar-refractivity contribution is -0.137. The molecule has 0 radical (unpaired) electrons. The van der Waals surface area contributed by atoms with E-state index in [9.17, 15) is 18.0 Å². The maximum absolute atomic E-state index is 12.8. The number of alkyl halides is 3. The van der Waals surface area contributed by atoms with Crippen molar-refractivity contribution in [3.05, 3.63) is 53.7 Å². The molecule has 0 aliphatic carbocycles. The van der Waals surface area contributed by atoms with Gasteiger partial charge in [0.2, 0.25) is 0 Å². The number of carbonyl (C=O) groups is 1. The number of anilines is 1. The van der Waals surface area contributed by atoms with E-state index in [1.807, 2.05) is 4.90 Å². The maximum Gasteiger partial charge on any atom is 0.416 e. The third kappa shape index (κ3) is 5.31. The Bertz CT molecular complexity index is 915. The van der Waals surface area contributed by atoms with Gasteiger partial charge in [0, 0.05) is 19.2 Å². The van der Waals surface area contributed by atoms with Gasteiger partial charge >= 0.3 is 12.1 Å². The number of carboxylic acids is 1. The molecule has 0 spiro atoms. The van der Waals surface area contributed by atoms with E-state index in [1.54, 1.807) is 6.07 Å². The van der Waals surface area contributed by atoms with Gasteiger partial charge < -0.3 is 24.2 Å². The van der Waals surface area contributed by atoms with E-state index in [0.717, 1.165) is 18.6 Å². The number of ether oxygens (including phenoxy) is 3. The van der Waals surface area contributed by atoms with Gasteiger partial charge in [0.05, 0.1) is 43.0 Å². The van der Waals surface area contributed by atoms with Crippen molar-refractivity contribution < 1.29 is 37.3 Å². The van der Waals surface area contributed by atoms with E-state index in [0.29, 0.717) is 44.4 Å². The molecule has 2 fully saturated rings. The fourth-order valence-electron chi connectivity index (χ4n) is 3.89. The van der Waals surface area contributed by atoms with Crippen LogP contribution in [-0.2, 0) is 15.7 Å². The highest BCUT2D eigenvalue weighted by Crippen LogP contribution is 2.32. The summed E-state index contributed by atoms with van der Waals surface area (Å²) in [6, 6.07) is 7.65. The molecule has 2 aliphatic rings. The van der Waals surface area contributed by atoms with Gasteiger partial charge in [-0.2, -0.15) is 13.2 Å². The van der Waals surface area contributed by atoms with Gasteiger partial charge in [0.15, 0.2) is 0 Å². The number of hydrogen-bond acceptors (Lipinski definition) is 6. The Morgan fingerprint density at radius 1 is 1.19 bits per heavy atom. The number of hydrogen-bond donors (Lipinski definition) is 1. The van der Waals surface area contributed by atoms with E-state index in [2.05, 4.69) is 4.98 Å². The molecule has 32 heavy (non-hydrogen) atoms. The van der Waals surface area contributed by atoms with Crippen molar-refractivity contribution in [1.29, 1.82) is 0 Å². The molecule has 1 aromatic heterocycles. The zero-order valence-corrected chi connectivity index (χ0v) is 17.1. The molecule has 3 atom stereocenters. The van der Waals surface area contributed by atoms with Gasteiger partial charge in [-0.1, -0.05) is 0 Å². The lowest BCUT2D eigenvalue weighted by Crippen LogP contribution is -2.35. The number of halogens is 3. The van der Waals surface area contributed by atoms with Gasteiger partial charge in [-0.15, -0.1) is 0 Å². The molecular formula is C22H23F3N2O5. The van der Waals surface area contributed by atoms with Crippen molar-refractivity contribution >= 4 is 11.8 Å². The summed E-state index contributed by atoms with van der Waals surface area (Å²) in [6.45, 7) is 2.06. The third-order valence-corrected chi connectivity index (χ3v) is 5.56. The Kier molecular flexibility index (Phi) is 6.52. The molecule has 1 unspecified atom stereocenters. The normalized spacial score (nSPS) is 23.5. The minimum absolute atomic E-state index is 0.0223. The summed E-state index contributed by atoms with van der Waals surface area (Å²) >= 11 is 0. The largest absolute Gasteiger partial charge is 0.489 e. The molecule has 1 aromatic carbocycles. The summed E-state index contributed by atoms with van der Waals surface area (Å²) in [4.78, 5) is 17.4. The highest BCUT2D eigenvalue weighted by Gasteiger charge is 2.36. The number of pyridine rings is 1. The lowest BCUT2D eigenvalue weighted by Gasteiger charge is -2.26. The van der Waals surface area contributed by atoms with Crippen LogP contribution in [0.1, 0.15) is 28.8 Å². The van der Waals surface area contributed by atoms with E-state index in [1.165, 1.54) is 24.4 Å². The van der Waals surface area contributed by atoms with Crippen LogP contribution in [0.4, 0.5) is 19.0 Å². The second-order valence-electron chi connectivity index (χ2n) is 7.83. The number of rotatable bonds is 7. The second kappa shape index (κ2) is 9.33. The quantitative estimate of drug-likeness (QED) is 0.687. The van der Waals surface area contributed by atoms with Crippen LogP contribution in [0.15, 0.2) is 42.6 Å². The summed E-state index contributed by atoms with van der Waals surface area (Å²) in [5.74, 6) is -0.122. The minimum Gasteiger partial charge on any atom is -0.489 e. The SMILES string of the molecule is O=C(O)c1ccc(N2C[C@H](Oc3ccc(C(F)(F)F)cc3)C[C@H]2COC2CCOC2)nc1. The van der Waals surface area contributed by atoms with Crippen molar-refractivity contribution in [2.75, 3.05) is 31.3 Å². The molecule has 172 valence electrons. The van der Waals surface area contributed by atoms with Gasteiger partial charge in [0.1, 0.15) is 17.7 Å². The van der Waals surface area contributed by atoms with Crippen LogP contribution in [0, 0.1) is 0 Å². The molecule has 0 saturated carbocycles. The van der Waals surface area contributed by atoms with Crippen molar-refractivity contribution in [1.82, 2.24) is 4.98 Å². The van der Waals surface area contributed by atoms with Crippen LogP contribution in [0.25, 0.3) is 0 Å². The predicted octanol–water partition coefficient (Wildman–Crippen LogP) is 3.63. The highest BCUT2D eigenvalue weighted by atomic mass is 19.4. The monoisotopic (exact) mass is 452 g/mol. The van der Waals surface area contributed by atoms with Crippen molar-refractivity contribution in [2.45, 2.75) is 37.3 Å². The molecular weight excluding hydrogens is 429 g/mol. The minimum atomic E-state index is -4.40. The zero-order chi connectivity index (χ0) is 22.7. The topological polar surface area (TPSA) is 81.1 Å². The van der Waals surface area contributed by atoms with Crippen molar-refractivity contribution in [2.24, 2.45) is 0 Å². The molecule has 0 bridgehead atoms. The number of aromatic nitrogens is 1. The molecule has 10 heteroatoms. The summed E-state index contributed by atoms with van der Waals surface area (Å²) in [7, 11) is 0. The van der Waals surface area contributed by atoms with E-state index in [4.69, 9.17) is 19.3 Å². The smallest absolute Gasteiger partial charge is 0.416 e. The predicted molar refractivity (Wildman–Crippen MR) is 108 cm³/mol. The zero-order valence-electron chi connectivity index (χ0n) is 17.1. The number of carboxylic acid groups (broad SMARTS) is 1. The van der Waals surface area contributed by atoms with Gasteiger partial charge in [-0.25, -0.2) is 9.78 Å². The van der Waals surface area contributed by atoms with Gasteiger partial charge in [0.25, 0.3) is 0 Å². The van der Waals surface area contributed by atoms with Crippen LogP contribution in [0.5, 0.6) is 5.75 Å². The Morgan fingerprint density at radius 3 is 2.56 bits per heavy atom. The van der Waals surface area contributed by atoms with Crippen LogP contribution in [0.2, 0.25) is 0 Å². The third-order valence-electron chi connectivity index (χ3n) is 5.56. The summed E-state index contributed by atoms with van der Waals surface area (Å²) < 4.78 is 55.6. The van der Waals surface area contributed by atoms with Gasteiger partial charge in [-0.05, 0) is 42.8 Å². The first-order chi connectivity index (χ1) is 15.3. The number of aromatic carboxylic acids is 1. The average Bonchev–Trinajstić information content (AvgIpc) is 3.42. The van der Waals surface area contributed by atoms with Crippen molar-refractivity contribution in [3.63, 3.8) is 0 Å². The fraction of sp³-hybridized carbons (Fsp3) is 0.455. The van der Waals surface area contributed by atoms with E-state index in [-0.39, 0.29) is 23.8 Å². The first-order valence-electron chi connectivity index (χ1n) is 10.3. The Labute approximate surface area is 182 Å². The van der Waals surface area contributed by atoms with Crippen LogP contribution in [0.3, 0.4) is 0 Å². The number of benzene rings is 1. The van der Waals surface area contributed by atoms with Crippen molar-refractivity contribution in [3.8, 4) is 5.75 Å². The van der Waals surface area contributed by atoms with Crippen LogP contribution in [-0.4, -0.2) is 60.7 Å². The Balaban J connectivity index is 1.46. The molecule has 7 nitrogen and oxygen atoms in total. The molecule has 4 rings (SSSR count). The standard InChI is InChI=1S/C22H23F3N2O5/c23-22(24,25)15-2-4-17(5-3-15)32-19-9-16(12-31-18-7-8-30-13-18)27(11-19)20-6-1-14(10-26-20)21(28)29/h1-6,10,16,18-19H,7-9,11-13H2,(H,28,29)/t16-,18?,19+/m0/s1. The maximum atomic E-state index is 12.8. The molecule has 2 aromatic rings. The Morgan fingerprint density at radius 2 is 1.97 bits per heavy atom. The van der Waals surface area contributed by atoms with Gasteiger partial charge in [-0.3, -0.25) is 0 Å². The molecule has 0 amide bonds. The van der Waals surface area contributed by atoms with E-state index >= 15 is 0 Å².